The van der Waals surface area contributed by atoms with Crippen molar-refractivity contribution in [3.63, 3.8) is 0 Å². The maximum Gasteiger partial charge on any atom is 0.283 e. The minimum atomic E-state index is -3.01. The molecule has 3 atom stereocenters. The summed E-state index contributed by atoms with van der Waals surface area (Å²) in [5, 5.41) is 0.341. The van der Waals surface area contributed by atoms with E-state index in [2.05, 4.69) is 9.98 Å². The summed E-state index contributed by atoms with van der Waals surface area (Å²) in [6.45, 7) is 0. The third-order valence-corrected chi connectivity index (χ3v) is 5.11. The molecule has 1 saturated carbocycles. The van der Waals surface area contributed by atoms with E-state index in [1.165, 1.54) is 24.4 Å². The number of halogens is 5. The first kappa shape index (κ1) is 18.7. The molecule has 0 amide bonds. The van der Waals surface area contributed by atoms with Crippen molar-refractivity contribution in [3.05, 3.63) is 64.2 Å². The van der Waals surface area contributed by atoms with Gasteiger partial charge in [0.05, 0.1) is 10.7 Å². The Hall–Kier alpha value is -2.61. The summed E-state index contributed by atoms with van der Waals surface area (Å²) in [7, 11) is 0. The maximum absolute atomic E-state index is 14.6. The van der Waals surface area contributed by atoms with Gasteiger partial charge in [-0.15, -0.1) is 0 Å². The van der Waals surface area contributed by atoms with E-state index in [0.717, 1.165) is 18.2 Å². The van der Waals surface area contributed by atoms with Gasteiger partial charge in [0.2, 0.25) is 0 Å². The topological polar surface area (TPSA) is 60.5 Å². The van der Waals surface area contributed by atoms with Crippen LogP contribution >= 0.6 is 11.6 Å². The Labute approximate surface area is 162 Å². The monoisotopic (exact) mass is 411 g/mol. The van der Waals surface area contributed by atoms with Crippen LogP contribution in [0.2, 0.25) is 5.02 Å². The Morgan fingerprint density at radius 3 is 2.79 bits per heavy atom. The molecule has 0 unspecified atom stereocenters. The average Bonchev–Trinajstić information content (AvgIpc) is 3.42. The summed E-state index contributed by atoms with van der Waals surface area (Å²) in [5.41, 5.74) is 3.24. The molecule has 28 heavy (non-hydrogen) atoms. The van der Waals surface area contributed by atoms with Crippen LogP contribution in [-0.2, 0) is 10.3 Å². The predicted octanol–water partition coefficient (Wildman–Crippen LogP) is 4.54. The molecule has 146 valence electrons. The van der Waals surface area contributed by atoms with Crippen LogP contribution in [0.3, 0.4) is 0 Å². The molecular weight excluding hydrogens is 398 g/mol. The Balaban J connectivity index is 1.78. The van der Waals surface area contributed by atoms with Gasteiger partial charge in [-0.2, -0.15) is 0 Å². The summed E-state index contributed by atoms with van der Waals surface area (Å²) < 4.78 is 62.4. The Morgan fingerprint density at radius 2 is 2.11 bits per heavy atom. The molecule has 4 nitrogen and oxygen atoms in total. The summed E-state index contributed by atoms with van der Waals surface area (Å²) >= 11 is 5.73. The number of fused-ring (bicyclic) bond motifs is 1. The van der Waals surface area contributed by atoms with Crippen LogP contribution in [0.15, 0.2) is 41.5 Å². The average molecular weight is 412 g/mol. The van der Waals surface area contributed by atoms with Gasteiger partial charge in [-0.25, -0.2) is 22.6 Å². The number of aromatic nitrogens is 1. The van der Waals surface area contributed by atoms with Gasteiger partial charge in [0.1, 0.15) is 17.7 Å². The van der Waals surface area contributed by atoms with Crippen molar-refractivity contribution < 1.29 is 22.3 Å². The van der Waals surface area contributed by atoms with Crippen LogP contribution in [0.1, 0.15) is 23.2 Å². The van der Waals surface area contributed by atoms with Gasteiger partial charge in [0, 0.05) is 17.7 Å². The molecule has 0 saturated heterocycles. The summed E-state index contributed by atoms with van der Waals surface area (Å²) in [6.07, 6.45) is -0.896. The molecule has 1 aromatic heterocycles. The third kappa shape index (κ3) is 3.11. The predicted molar refractivity (Wildman–Crippen MR) is 96.9 cm³/mol. The second-order valence-electron chi connectivity index (χ2n) is 6.67. The molecule has 1 fully saturated rings. The van der Waals surface area contributed by atoms with Crippen LogP contribution in [0.25, 0.3) is 11.9 Å². The molecule has 1 aliphatic carbocycles. The highest BCUT2D eigenvalue weighted by molar-refractivity contribution is 6.30. The lowest BCUT2D eigenvalue weighted by atomic mass is 9.84. The first-order valence-corrected chi connectivity index (χ1v) is 8.78. The number of pyridine rings is 1. The van der Waals surface area contributed by atoms with E-state index in [0.29, 0.717) is 5.02 Å². The van der Waals surface area contributed by atoms with E-state index in [9.17, 15) is 17.6 Å². The van der Waals surface area contributed by atoms with Crippen LogP contribution in [0.4, 0.5) is 17.6 Å². The second-order valence-corrected chi connectivity index (χ2v) is 7.10. The normalized spacial score (nSPS) is 26.5. The smallest absolute Gasteiger partial charge is 0.283 e. The highest BCUT2D eigenvalue weighted by Crippen LogP contribution is 2.56. The quantitative estimate of drug-likeness (QED) is 0.752. The van der Waals surface area contributed by atoms with Crippen molar-refractivity contribution in [2.75, 3.05) is 0 Å². The SMILES string of the molecule is NC1=N[C@@](c2cc(/C=C(\F)c3ccc(Cl)cn3)ccc2F)(C(F)F)[C@H]2C[C@H]2O1. The first-order chi connectivity index (χ1) is 13.3. The van der Waals surface area contributed by atoms with E-state index >= 15 is 0 Å². The van der Waals surface area contributed by atoms with Gasteiger partial charge in [0.15, 0.2) is 5.54 Å². The molecule has 2 aromatic rings. The van der Waals surface area contributed by atoms with Gasteiger partial charge in [-0.05, 0) is 42.3 Å². The largest absolute Gasteiger partial charge is 0.462 e. The number of benzene rings is 1. The lowest BCUT2D eigenvalue weighted by Crippen LogP contribution is -2.43. The van der Waals surface area contributed by atoms with Crippen molar-refractivity contribution in [3.8, 4) is 0 Å². The van der Waals surface area contributed by atoms with Crippen molar-refractivity contribution in [1.82, 2.24) is 4.98 Å². The zero-order valence-corrected chi connectivity index (χ0v) is 15.0. The van der Waals surface area contributed by atoms with Gasteiger partial charge < -0.3 is 10.5 Å². The van der Waals surface area contributed by atoms with E-state index in [4.69, 9.17) is 22.1 Å². The molecule has 0 spiro atoms. The number of rotatable bonds is 4. The number of hydrogen-bond donors (Lipinski definition) is 1. The molecular formula is C19H14ClF4N3O. The molecule has 2 heterocycles. The van der Waals surface area contributed by atoms with Crippen LogP contribution in [0.5, 0.6) is 0 Å². The zero-order chi connectivity index (χ0) is 20.1. The number of amidine groups is 1. The summed E-state index contributed by atoms with van der Waals surface area (Å²) in [5.74, 6) is -2.29. The maximum atomic E-state index is 14.6. The lowest BCUT2D eigenvalue weighted by Gasteiger charge is -2.33. The number of alkyl halides is 2. The molecule has 4 rings (SSSR count). The highest BCUT2D eigenvalue weighted by atomic mass is 35.5. The Kier molecular flexibility index (Phi) is 4.53. The Morgan fingerprint density at radius 1 is 1.32 bits per heavy atom. The molecule has 2 N–H and O–H groups in total. The lowest BCUT2D eigenvalue weighted by molar-refractivity contribution is 0.0176. The van der Waals surface area contributed by atoms with Crippen molar-refractivity contribution in [2.24, 2.45) is 16.6 Å². The van der Waals surface area contributed by atoms with Gasteiger partial charge in [-0.1, -0.05) is 17.7 Å². The van der Waals surface area contributed by atoms with E-state index in [-0.39, 0.29) is 23.2 Å². The van der Waals surface area contributed by atoms with Crippen molar-refractivity contribution >= 4 is 29.5 Å². The van der Waals surface area contributed by atoms with Crippen LogP contribution in [-0.4, -0.2) is 23.5 Å². The van der Waals surface area contributed by atoms with E-state index < -0.39 is 41.7 Å². The summed E-state index contributed by atoms with van der Waals surface area (Å²) in [6, 6.07) is 5.88. The zero-order valence-electron chi connectivity index (χ0n) is 14.3. The fourth-order valence-electron chi connectivity index (χ4n) is 3.48. The van der Waals surface area contributed by atoms with Crippen molar-refractivity contribution in [1.29, 1.82) is 0 Å². The number of hydrogen-bond acceptors (Lipinski definition) is 4. The molecule has 9 heteroatoms. The third-order valence-electron chi connectivity index (χ3n) is 4.88. The number of nitrogens with two attached hydrogens (primary N) is 1. The summed E-state index contributed by atoms with van der Waals surface area (Å²) in [4.78, 5) is 7.65. The molecule has 1 aliphatic heterocycles. The fourth-order valence-corrected chi connectivity index (χ4v) is 3.59. The van der Waals surface area contributed by atoms with Crippen LogP contribution in [0, 0.1) is 11.7 Å². The molecule has 0 bridgehead atoms. The van der Waals surface area contributed by atoms with E-state index in [1.807, 2.05) is 0 Å². The standard InChI is InChI=1S/C19H14ClF4N3O/c20-10-2-4-15(26-8-10)14(22)6-9-1-3-13(21)11(5-9)19(17(23)24)12-7-16(12)28-18(25)27-19/h1-6,8,12,16-17H,7H2,(H2,25,27)/b14-6-/t12-,16+,19+/m0/s1. The first-order valence-electron chi connectivity index (χ1n) is 8.40. The van der Waals surface area contributed by atoms with Crippen LogP contribution < -0.4 is 5.73 Å². The minimum absolute atomic E-state index is 0.00874. The molecule has 2 aliphatic rings. The number of ether oxygens (including phenoxy) is 1. The van der Waals surface area contributed by atoms with E-state index in [1.54, 1.807) is 0 Å². The van der Waals surface area contributed by atoms with Gasteiger partial charge in [-0.3, -0.25) is 4.98 Å². The number of nitrogens with zero attached hydrogens (tertiary/aromatic N) is 2. The van der Waals surface area contributed by atoms with Crippen molar-refractivity contribution in [2.45, 2.75) is 24.5 Å². The fraction of sp³-hybridized carbons (Fsp3) is 0.263. The second kappa shape index (κ2) is 6.77. The highest BCUT2D eigenvalue weighted by Gasteiger charge is 2.64. The molecule has 0 radical (unpaired) electrons. The molecule has 1 aromatic carbocycles. The minimum Gasteiger partial charge on any atom is -0.462 e. The van der Waals surface area contributed by atoms with Gasteiger partial charge >= 0.3 is 0 Å². The van der Waals surface area contributed by atoms with Gasteiger partial charge in [0.25, 0.3) is 12.4 Å². The Bertz CT molecular complexity index is 980. The number of aliphatic imine (C=N–C) groups is 1.